The summed E-state index contributed by atoms with van der Waals surface area (Å²) in [4.78, 5) is 10.8. The molecule has 62 valence electrons. The van der Waals surface area contributed by atoms with E-state index in [1.165, 1.54) is 0 Å². The van der Waals surface area contributed by atoms with E-state index >= 15 is 0 Å². The van der Waals surface area contributed by atoms with E-state index in [0.717, 1.165) is 6.42 Å². The van der Waals surface area contributed by atoms with E-state index in [-0.39, 0.29) is 12.3 Å². The van der Waals surface area contributed by atoms with Crippen molar-refractivity contribution in [2.75, 3.05) is 6.54 Å². The number of hydrogen-bond donors (Lipinski definition) is 2. The van der Waals surface area contributed by atoms with Gasteiger partial charge in [-0.05, 0) is 6.42 Å². The van der Waals surface area contributed by atoms with Gasteiger partial charge in [-0.25, -0.2) is 0 Å². The zero-order valence-corrected chi connectivity index (χ0v) is 6.63. The highest BCUT2D eigenvalue weighted by molar-refractivity contribution is 5.76. The van der Waals surface area contributed by atoms with Gasteiger partial charge in [-0.15, -0.1) is 0 Å². The molecular weight excluding hydrogens is 142 g/mol. The van der Waals surface area contributed by atoms with E-state index in [9.17, 15) is 4.79 Å². The van der Waals surface area contributed by atoms with Crippen LogP contribution in [0.15, 0.2) is 0 Å². The number of carbonyl (C=O) groups is 1. The molecular formula is C7H13N3O. The van der Waals surface area contributed by atoms with Crippen LogP contribution in [0, 0.1) is 11.3 Å². The maximum absolute atomic E-state index is 10.8. The largest absolute Gasteiger partial charge is 0.356 e. The SMILES string of the molecule is CCCNC(=O)CC(N)C#N. The van der Waals surface area contributed by atoms with E-state index in [1.807, 2.05) is 6.92 Å². The van der Waals surface area contributed by atoms with Gasteiger partial charge in [-0.1, -0.05) is 6.92 Å². The molecule has 0 fully saturated rings. The van der Waals surface area contributed by atoms with Gasteiger partial charge in [0.15, 0.2) is 0 Å². The first-order chi connectivity index (χ1) is 5.20. The number of nitriles is 1. The van der Waals surface area contributed by atoms with E-state index in [2.05, 4.69) is 5.32 Å². The second-order valence-corrected chi connectivity index (χ2v) is 2.29. The second-order valence-electron chi connectivity index (χ2n) is 2.29. The van der Waals surface area contributed by atoms with Crippen LogP contribution < -0.4 is 11.1 Å². The third-order valence-corrected chi connectivity index (χ3v) is 1.14. The predicted octanol–water partition coefficient (Wildman–Crippen LogP) is -0.246. The molecule has 0 bridgehead atoms. The van der Waals surface area contributed by atoms with Crippen LogP contribution in [0.5, 0.6) is 0 Å². The molecule has 0 saturated heterocycles. The molecule has 0 aliphatic carbocycles. The molecule has 1 unspecified atom stereocenters. The van der Waals surface area contributed by atoms with Crippen molar-refractivity contribution in [2.24, 2.45) is 5.73 Å². The monoisotopic (exact) mass is 155 g/mol. The van der Waals surface area contributed by atoms with Crippen LogP contribution in [-0.2, 0) is 4.79 Å². The molecule has 0 aromatic carbocycles. The van der Waals surface area contributed by atoms with Crippen LogP contribution in [0.3, 0.4) is 0 Å². The van der Waals surface area contributed by atoms with Crippen LogP contribution in [0.1, 0.15) is 19.8 Å². The van der Waals surface area contributed by atoms with Gasteiger partial charge < -0.3 is 11.1 Å². The fourth-order valence-electron chi connectivity index (χ4n) is 0.582. The van der Waals surface area contributed by atoms with E-state index in [0.29, 0.717) is 6.54 Å². The van der Waals surface area contributed by atoms with Crippen LogP contribution >= 0.6 is 0 Å². The van der Waals surface area contributed by atoms with Crippen molar-refractivity contribution in [3.8, 4) is 6.07 Å². The Kier molecular flexibility index (Phi) is 5.13. The van der Waals surface area contributed by atoms with Crippen molar-refractivity contribution < 1.29 is 4.79 Å². The Morgan fingerprint density at radius 1 is 1.82 bits per heavy atom. The number of nitrogens with one attached hydrogen (secondary N) is 1. The summed E-state index contributed by atoms with van der Waals surface area (Å²) in [6.45, 7) is 2.61. The lowest BCUT2D eigenvalue weighted by Gasteiger charge is -2.03. The molecule has 0 rings (SSSR count). The molecule has 0 aromatic heterocycles. The van der Waals surface area contributed by atoms with E-state index in [1.54, 1.807) is 6.07 Å². The molecule has 0 saturated carbocycles. The zero-order chi connectivity index (χ0) is 8.69. The highest BCUT2D eigenvalue weighted by Gasteiger charge is 2.06. The third-order valence-electron chi connectivity index (χ3n) is 1.14. The zero-order valence-electron chi connectivity index (χ0n) is 6.63. The van der Waals surface area contributed by atoms with Crippen LogP contribution in [0.4, 0.5) is 0 Å². The van der Waals surface area contributed by atoms with Gasteiger partial charge in [0.05, 0.1) is 12.5 Å². The van der Waals surface area contributed by atoms with Crippen LogP contribution in [0.2, 0.25) is 0 Å². The third kappa shape index (κ3) is 5.37. The second kappa shape index (κ2) is 5.69. The van der Waals surface area contributed by atoms with Gasteiger partial charge in [0.2, 0.25) is 5.91 Å². The van der Waals surface area contributed by atoms with Crippen molar-refractivity contribution in [3.63, 3.8) is 0 Å². The lowest BCUT2D eigenvalue weighted by atomic mass is 10.2. The lowest BCUT2D eigenvalue weighted by molar-refractivity contribution is -0.121. The summed E-state index contributed by atoms with van der Waals surface area (Å²) in [5.74, 6) is -0.152. The molecule has 0 radical (unpaired) electrons. The predicted molar refractivity (Wildman–Crippen MR) is 41.5 cm³/mol. The van der Waals surface area contributed by atoms with Crippen molar-refractivity contribution in [1.29, 1.82) is 5.26 Å². The summed E-state index contributed by atoms with van der Waals surface area (Å²) in [6, 6.07) is 1.11. The summed E-state index contributed by atoms with van der Waals surface area (Å²) in [7, 11) is 0. The Hall–Kier alpha value is -1.08. The molecule has 0 heterocycles. The Balaban J connectivity index is 3.46. The lowest BCUT2D eigenvalue weighted by Crippen LogP contribution is -2.31. The Bertz CT molecular complexity index is 162. The standard InChI is InChI=1S/C7H13N3O/c1-2-3-10-7(11)4-6(9)5-8/h6H,2-4,9H2,1H3,(H,10,11). The van der Waals surface area contributed by atoms with Gasteiger partial charge in [0, 0.05) is 6.54 Å². The topological polar surface area (TPSA) is 78.9 Å². The molecule has 3 N–H and O–H groups in total. The van der Waals surface area contributed by atoms with E-state index < -0.39 is 6.04 Å². The van der Waals surface area contributed by atoms with Crippen molar-refractivity contribution in [1.82, 2.24) is 5.32 Å². The molecule has 0 spiro atoms. The number of amides is 1. The molecule has 0 aliphatic rings. The summed E-state index contributed by atoms with van der Waals surface area (Å²) >= 11 is 0. The van der Waals surface area contributed by atoms with Gasteiger partial charge in [0.1, 0.15) is 6.04 Å². The Morgan fingerprint density at radius 2 is 2.45 bits per heavy atom. The quantitative estimate of drug-likeness (QED) is 0.587. The minimum absolute atomic E-state index is 0.0938. The summed E-state index contributed by atoms with van der Waals surface area (Å²) < 4.78 is 0. The molecule has 1 atom stereocenters. The molecule has 4 nitrogen and oxygen atoms in total. The summed E-state index contributed by atoms with van der Waals surface area (Å²) in [5, 5.41) is 10.9. The van der Waals surface area contributed by atoms with Crippen molar-refractivity contribution in [2.45, 2.75) is 25.8 Å². The number of nitrogens with zero attached hydrogens (tertiary/aromatic N) is 1. The molecule has 1 amide bonds. The molecule has 0 aromatic rings. The number of hydrogen-bond acceptors (Lipinski definition) is 3. The average molecular weight is 155 g/mol. The van der Waals surface area contributed by atoms with Crippen molar-refractivity contribution in [3.05, 3.63) is 0 Å². The molecule has 0 aliphatic heterocycles. The van der Waals surface area contributed by atoms with Crippen molar-refractivity contribution >= 4 is 5.91 Å². The summed E-state index contributed by atoms with van der Waals surface area (Å²) in [5.41, 5.74) is 5.22. The maximum Gasteiger partial charge on any atom is 0.222 e. The van der Waals surface area contributed by atoms with Crippen LogP contribution in [-0.4, -0.2) is 18.5 Å². The van der Waals surface area contributed by atoms with Gasteiger partial charge in [-0.3, -0.25) is 4.79 Å². The number of carbonyl (C=O) groups excluding carboxylic acids is 1. The minimum atomic E-state index is -0.674. The number of nitrogens with two attached hydrogens (primary N) is 1. The fraction of sp³-hybridized carbons (Fsp3) is 0.714. The Morgan fingerprint density at radius 3 is 2.91 bits per heavy atom. The average Bonchev–Trinajstić information content (AvgIpc) is 2.00. The Labute approximate surface area is 66.4 Å². The first-order valence-corrected chi connectivity index (χ1v) is 3.62. The summed E-state index contributed by atoms with van der Waals surface area (Å²) in [6.07, 6.45) is 0.990. The first kappa shape index (κ1) is 9.92. The maximum atomic E-state index is 10.8. The highest BCUT2D eigenvalue weighted by Crippen LogP contribution is 1.85. The van der Waals surface area contributed by atoms with Crippen LogP contribution in [0.25, 0.3) is 0 Å². The highest BCUT2D eigenvalue weighted by atomic mass is 16.1. The first-order valence-electron chi connectivity index (χ1n) is 3.62. The fourth-order valence-corrected chi connectivity index (χ4v) is 0.582. The van der Waals surface area contributed by atoms with Gasteiger partial charge in [-0.2, -0.15) is 5.26 Å². The molecule has 11 heavy (non-hydrogen) atoms. The smallest absolute Gasteiger partial charge is 0.222 e. The number of rotatable bonds is 4. The minimum Gasteiger partial charge on any atom is -0.356 e. The normalized spacial score (nSPS) is 11.7. The van der Waals surface area contributed by atoms with E-state index in [4.69, 9.17) is 11.0 Å². The van der Waals surface area contributed by atoms with Gasteiger partial charge in [0.25, 0.3) is 0 Å². The molecule has 4 heteroatoms. The van der Waals surface area contributed by atoms with Gasteiger partial charge >= 0.3 is 0 Å².